The minimum Gasteiger partial charge on any atom is -0.489 e. The van der Waals surface area contributed by atoms with Crippen molar-refractivity contribution in [2.45, 2.75) is 20.0 Å². The molecule has 0 aliphatic carbocycles. The molecule has 0 saturated heterocycles. The maximum absolute atomic E-state index is 13.5. The molecule has 0 bridgehead atoms. The van der Waals surface area contributed by atoms with E-state index in [9.17, 15) is 4.39 Å². The molecule has 1 N–H and O–H groups in total. The molecule has 0 fully saturated rings. The Morgan fingerprint density at radius 2 is 1.55 bits per heavy atom. The molecule has 164 valence electrons. The average molecular weight is 500 g/mol. The van der Waals surface area contributed by atoms with Gasteiger partial charge in [-0.2, -0.15) is 0 Å². The van der Waals surface area contributed by atoms with Crippen LogP contribution in [-0.2, 0) is 13.0 Å². The van der Waals surface area contributed by atoms with E-state index in [1.165, 1.54) is 17.7 Å². The largest absolute Gasteiger partial charge is 0.489 e. The molecule has 0 aliphatic heterocycles. The van der Waals surface area contributed by atoms with Crippen LogP contribution in [0.3, 0.4) is 0 Å². The number of hydrogen-bond donors (Lipinski definition) is 1. The topological polar surface area (TPSA) is 25.0 Å². The van der Waals surface area contributed by atoms with Crippen molar-refractivity contribution in [1.29, 1.82) is 0 Å². The van der Waals surface area contributed by atoms with E-state index in [2.05, 4.69) is 70.3 Å². The number of ether oxygens (including phenoxy) is 1. The van der Waals surface area contributed by atoms with Crippen molar-refractivity contribution in [3.05, 3.63) is 124 Å². The number of aryl methyl sites for hydroxylation is 1. The van der Waals surface area contributed by atoms with Crippen LogP contribution < -0.4 is 4.74 Å². The first kappa shape index (κ1) is 21.5. The highest BCUT2D eigenvalue weighted by atomic mass is 79.9. The van der Waals surface area contributed by atoms with Crippen molar-refractivity contribution >= 4 is 26.8 Å². The van der Waals surface area contributed by atoms with E-state index in [4.69, 9.17) is 4.74 Å². The Morgan fingerprint density at radius 3 is 2.27 bits per heavy atom. The Morgan fingerprint density at radius 1 is 0.818 bits per heavy atom. The number of rotatable bonds is 6. The van der Waals surface area contributed by atoms with Crippen LogP contribution in [0.15, 0.2) is 95.5 Å². The Bertz CT molecular complexity index is 1390. The zero-order chi connectivity index (χ0) is 22.8. The lowest BCUT2D eigenvalue weighted by molar-refractivity contribution is 0.304. The van der Waals surface area contributed by atoms with Crippen molar-refractivity contribution in [2.75, 3.05) is 0 Å². The molecule has 0 radical (unpaired) electrons. The van der Waals surface area contributed by atoms with Gasteiger partial charge in [0.2, 0.25) is 0 Å². The fraction of sp³-hybridized carbons (Fsp3) is 0.103. The molecule has 4 heteroatoms. The number of fused-ring (bicyclic) bond motifs is 1. The number of aromatic amines is 1. The van der Waals surface area contributed by atoms with Crippen molar-refractivity contribution in [3.63, 3.8) is 0 Å². The van der Waals surface area contributed by atoms with Crippen LogP contribution in [0.25, 0.3) is 22.2 Å². The van der Waals surface area contributed by atoms with Crippen molar-refractivity contribution in [3.8, 4) is 17.0 Å². The van der Waals surface area contributed by atoms with Crippen molar-refractivity contribution in [1.82, 2.24) is 4.98 Å². The van der Waals surface area contributed by atoms with Gasteiger partial charge in [-0.05, 0) is 77.7 Å². The van der Waals surface area contributed by atoms with E-state index < -0.39 is 0 Å². The van der Waals surface area contributed by atoms with Crippen LogP contribution >= 0.6 is 15.9 Å². The second-order valence-electron chi connectivity index (χ2n) is 8.17. The lowest BCUT2D eigenvalue weighted by Crippen LogP contribution is -2.00. The molecule has 0 amide bonds. The number of aromatic nitrogens is 1. The Hall–Kier alpha value is -3.37. The van der Waals surface area contributed by atoms with E-state index in [-0.39, 0.29) is 5.82 Å². The maximum atomic E-state index is 13.5. The van der Waals surface area contributed by atoms with Crippen LogP contribution in [0.5, 0.6) is 5.75 Å². The quantitative estimate of drug-likeness (QED) is 0.250. The second kappa shape index (κ2) is 9.24. The second-order valence-corrected chi connectivity index (χ2v) is 9.09. The van der Waals surface area contributed by atoms with Crippen LogP contribution in [0.4, 0.5) is 4.39 Å². The van der Waals surface area contributed by atoms with Gasteiger partial charge in [0.15, 0.2) is 0 Å². The first-order valence-corrected chi connectivity index (χ1v) is 11.7. The summed E-state index contributed by atoms with van der Waals surface area (Å²) in [6.45, 7) is 2.62. The summed E-state index contributed by atoms with van der Waals surface area (Å²) in [5, 5.41) is 1.16. The molecule has 1 aromatic heterocycles. The predicted octanol–water partition coefficient (Wildman–Crippen LogP) is 8.21. The fourth-order valence-corrected chi connectivity index (χ4v) is 4.54. The molecule has 0 atom stereocenters. The van der Waals surface area contributed by atoms with Gasteiger partial charge in [0.25, 0.3) is 0 Å². The SMILES string of the molecule is Cc1c(-c2ccc(F)cc2)[nH]c2ccc(OCc3ccccc3)c(Cc3ccc(Br)cc3)c12. The lowest BCUT2D eigenvalue weighted by atomic mass is 9.97. The summed E-state index contributed by atoms with van der Waals surface area (Å²) < 4.78 is 20.9. The minimum atomic E-state index is -0.236. The van der Waals surface area contributed by atoms with Crippen LogP contribution in [0.2, 0.25) is 0 Å². The van der Waals surface area contributed by atoms with Gasteiger partial charge < -0.3 is 9.72 Å². The van der Waals surface area contributed by atoms with E-state index in [1.807, 2.05) is 36.4 Å². The summed E-state index contributed by atoms with van der Waals surface area (Å²) in [6, 6.07) is 29.3. The van der Waals surface area contributed by atoms with Crippen LogP contribution in [0, 0.1) is 12.7 Å². The fourth-order valence-electron chi connectivity index (χ4n) is 4.27. The lowest BCUT2D eigenvalue weighted by Gasteiger charge is -2.14. The number of H-pyrrole nitrogens is 1. The molecule has 4 aromatic carbocycles. The Balaban J connectivity index is 1.61. The molecular weight excluding hydrogens is 477 g/mol. The summed E-state index contributed by atoms with van der Waals surface area (Å²) >= 11 is 3.53. The van der Waals surface area contributed by atoms with Crippen molar-refractivity contribution in [2.24, 2.45) is 0 Å². The zero-order valence-electron chi connectivity index (χ0n) is 18.2. The summed E-state index contributed by atoms with van der Waals surface area (Å²) in [7, 11) is 0. The predicted molar refractivity (Wildman–Crippen MR) is 136 cm³/mol. The average Bonchev–Trinajstić information content (AvgIpc) is 3.18. The summed E-state index contributed by atoms with van der Waals surface area (Å²) in [5.41, 5.74) is 7.63. The molecule has 0 unspecified atom stereocenters. The number of nitrogens with one attached hydrogen (secondary N) is 1. The summed E-state index contributed by atoms with van der Waals surface area (Å²) in [6.07, 6.45) is 0.746. The van der Waals surface area contributed by atoms with E-state index in [0.717, 1.165) is 55.5 Å². The summed E-state index contributed by atoms with van der Waals surface area (Å²) in [5.74, 6) is 0.641. The first-order chi connectivity index (χ1) is 16.1. The van der Waals surface area contributed by atoms with Crippen LogP contribution in [-0.4, -0.2) is 4.98 Å². The molecular formula is C29H23BrFNO. The van der Waals surface area contributed by atoms with Gasteiger partial charge >= 0.3 is 0 Å². The van der Waals surface area contributed by atoms with Crippen molar-refractivity contribution < 1.29 is 9.13 Å². The highest BCUT2D eigenvalue weighted by molar-refractivity contribution is 9.10. The number of benzene rings is 4. The molecule has 0 spiro atoms. The van der Waals surface area contributed by atoms with Gasteiger partial charge in [0.1, 0.15) is 18.2 Å². The number of hydrogen-bond acceptors (Lipinski definition) is 1. The molecule has 5 rings (SSSR count). The van der Waals surface area contributed by atoms with Gasteiger partial charge in [0, 0.05) is 33.1 Å². The van der Waals surface area contributed by atoms with E-state index in [0.29, 0.717) is 6.61 Å². The molecule has 33 heavy (non-hydrogen) atoms. The summed E-state index contributed by atoms with van der Waals surface area (Å²) in [4.78, 5) is 3.55. The third-order valence-electron chi connectivity index (χ3n) is 5.94. The van der Waals surface area contributed by atoms with Gasteiger partial charge in [-0.3, -0.25) is 0 Å². The number of halogens is 2. The molecule has 5 aromatic rings. The minimum absolute atomic E-state index is 0.236. The molecule has 0 saturated carbocycles. The van der Waals surface area contributed by atoms with E-state index >= 15 is 0 Å². The molecule has 1 heterocycles. The third-order valence-corrected chi connectivity index (χ3v) is 6.47. The zero-order valence-corrected chi connectivity index (χ0v) is 19.8. The van der Waals surface area contributed by atoms with Gasteiger partial charge in [-0.15, -0.1) is 0 Å². The monoisotopic (exact) mass is 499 g/mol. The highest BCUT2D eigenvalue weighted by Gasteiger charge is 2.17. The van der Waals surface area contributed by atoms with Crippen LogP contribution in [0.1, 0.15) is 22.3 Å². The smallest absolute Gasteiger partial charge is 0.124 e. The molecule has 0 aliphatic rings. The molecule has 2 nitrogen and oxygen atoms in total. The third kappa shape index (κ3) is 4.57. The first-order valence-electron chi connectivity index (χ1n) is 10.9. The Labute approximate surface area is 201 Å². The van der Waals surface area contributed by atoms with Gasteiger partial charge in [0.05, 0.1) is 0 Å². The normalized spacial score (nSPS) is 11.1. The van der Waals surface area contributed by atoms with Gasteiger partial charge in [-0.1, -0.05) is 58.4 Å². The Kier molecular flexibility index (Phi) is 6.01. The maximum Gasteiger partial charge on any atom is 0.124 e. The van der Waals surface area contributed by atoms with Gasteiger partial charge in [-0.25, -0.2) is 4.39 Å². The van der Waals surface area contributed by atoms with E-state index in [1.54, 1.807) is 0 Å². The standard InChI is InChI=1S/C29H23BrFNO/c1-19-28-25(17-20-7-11-23(30)12-8-20)27(33-18-21-5-3-2-4-6-21)16-15-26(28)32-29(19)22-9-13-24(31)14-10-22/h2-16,32H,17-18H2,1H3. The highest BCUT2D eigenvalue weighted by Crippen LogP contribution is 2.37.